The topological polar surface area (TPSA) is 89.4 Å². The van der Waals surface area contributed by atoms with E-state index in [4.69, 9.17) is 14.7 Å². The van der Waals surface area contributed by atoms with Crippen LogP contribution in [0.1, 0.15) is 33.8 Å². The summed E-state index contributed by atoms with van der Waals surface area (Å²) >= 11 is 0. The number of carbonyl (C=O) groups is 2. The minimum Gasteiger partial charge on any atom is -0.478 e. The highest BCUT2D eigenvalue weighted by Gasteiger charge is 2.33. The van der Waals surface area contributed by atoms with Gasteiger partial charge in [0, 0.05) is 22.3 Å². The molecule has 1 N–H and O–H groups in total. The Hall–Kier alpha value is -4.32. The van der Waals surface area contributed by atoms with Gasteiger partial charge in [-0.1, -0.05) is 48.5 Å². The van der Waals surface area contributed by atoms with E-state index in [0.717, 1.165) is 38.4 Å². The molecule has 0 spiro atoms. The van der Waals surface area contributed by atoms with Crippen LogP contribution in [0.4, 0.5) is 0 Å². The van der Waals surface area contributed by atoms with E-state index in [1.807, 2.05) is 48.5 Å². The zero-order chi connectivity index (χ0) is 21.8. The van der Waals surface area contributed by atoms with Crippen LogP contribution in [0.15, 0.2) is 72.8 Å². The van der Waals surface area contributed by atoms with E-state index < -0.39 is 5.97 Å². The minimum absolute atomic E-state index is 0.140. The standard InChI is InChI=1S/C26H16N2O4/c29-21-13-18(14-9-11-15(12-10-14)26(30)31)22-24-23(27-19-7-3-4-8-20(19)28-24)16-5-1-2-6-17(16)25(22)32-21/h1-12,18H,13H2,(H,30,31). The molecule has 154 valence electrons. The van der Waals surface area contributed by atoms with E-state index in [1.54, 1.807) is 24.3 Å². The van der Waals surface area contributed by atoms with Gasteiger partial charge in [0.25, 0.3) is 0 Å². The van der Waals surface area contributed by atoms with Crippen molar-refractivity contribution in [3.63, 3.8) is 0 Å². The highest BCUT2D eigenvalue weighted by atomic mass is 16.5. The lowest BCUT2D eigenvalue weighted by atomic mass is 9.83. The smallest absolute Gasteiger partial charge is 0.335 e. The molecule has 4 aromatic carbocycles. The number of hydrogen-bond acceptors (Lipinski definition) is 5. The molecule has 0 radical (unpaired) electrons. The highest BCUT2D eigenvalue weighted by molar-refractivity contribution is 6.12. The average Bonchev–Trinajstić information content (AvgIpc) is 2.82. The molecule has 1 atom stereocenters. The van der Waals surface area contributed by atoms with Gasteiger partial charge in [0.2, 0.25) is 0 Å². The number of para-hydroxylation sites is 2. The number of aromatic nitrogens is 2. The molecule has 1 aromatic heterocycles. The van der Waals surface area contributed by atoms with E-state index in [-0.39, 0.29) is 23.9 Å². The van der Waals surface area contributed by atoms with Crippen molar-refractivity contribution in [2.75, 3.05) is 0 Å². The van der Waals surface area contributed by atoms with Crippen LogP contribution in [0, 0.1) is 0 Å². The fraction of sp³-hybridized carbons (Fsp3) is 0.0769. The Kier molecular flexibility index (Phi) is 3.95. The van der Waals surface area contributed by atoms with Crippen molar-refractivity contribution < 1.29 is 19.4 Å². The first kappa shape index (κ1) is 18.4. The van der Waals surface area contributed by atoms with Gasteiger partial charge in [0.15, 0.2) is 0 Å². The summed E-state index contributed by atoms with van der Waals surface area (Å²) in [4.78, 5) is 33.8. The largest absolute Gasteiger partial charge is 0.478 e. The number of ether oxygens (including phenoxy) is 1. The van der Waals surface area contributed by atoms with Crippen molar-refractivity contribution >= 4 is 44.8 Å². The first-order valence-corrected chi connectivity index (χ1v) is 10.2. The molecule has 0 bridgehead atoms. The van der Waals surface area contributed by atoms with Crippen molar-refractivity contribution in [1.29, 1.82) is 0 Å². The van der Waals surface area contributed by atoms with Gasteiger partial charge in [0.05, 0.1) is 34.1 Å². The molecule has 0 fully saturated rings. The Labute approximate surface area is 182 Å². The zero-order valence-corrected chi connectivity index (χ0v) is 16.8. The number of esters is 1. The summed E-state index contributed by atoms with van der Waals surface area (Å²) in [5.74, 6) is -1.14. The van der Waals surface area contributed by atoms with Crippen LogP contribution in [0.2, 0.25) is 0 Å². The van der Waals surface area contributed by atoms with Crippen molar-refractivity contribution in [1.82, 2.24) is 9.97 Å². The number of carboxylic acids is 1. The van der Waals surface area contributed by atoms with Crippen LogP contribution in [-0.2, 0) is 4.79 Å². The molecular weight excluding hydrogens is 404 g/mol. The van der Waals surface area contributed by atoms with Crippen molar-refractivity contribution in [2.24, 2.45) is 0 Å². The summed E-state index contributed by atoms with van der Waals surface area (Å²) in [7, 11) is 0. The van der Waals surface area contributed by atoms with Crippen molar-refractivity contribution in [3.8, 4) is 5.75 Å². The molecule has 6 heteroatoms. The lowest BCUT2D eigenvalue weighted by molar-refractivity contribution is -0.135. The number of aromatic carboxylic acids is 1. The molecule has 1 aliphatic heterocycles. The lowest BCUT2D eigenvalue weighted by Crippen LogP contribution is -2.22. The van der Waals surface area contributed by atoms with Gasteiger partial charge in [-0.2, -0.15) is 0 Å². The van der Waals surface area contributed by atoms with Crippen LogP contribution in [0.25, 0.3) is 32.8 Å². The SMILES string of the molecule is O=C1CC(c2ccc(C(=O)O)cc2)c2c(c3ccccc3c3nc4ccccc4nc23)O1. The van der Waals surface area contributed by atoms with Crippen molar-refractivity contribution in [3.05, 3.63) is 89.5 Å². The first-order chi connectivity index (χ1) is 15.6. The first-order valence-electron chi connectivity index (χ1n) is 10.2. The molecule has 0 amide bonds. The highest BCUT2D eigenvalue weighted by Crippen LogP contribution is 2.47. The van der Waals surface area contributed by atoms with Crippen LogP contribution >= 0.6 is 0 Å². The van der Waals surface area contributed by atoms with Gasteiger partial charge in [-0.25, -0.2) is 14.8 Å². The Morgan fingerprint density at radius 1 is 0.844 bits per heavy atom. The third kappa shape index (κ3) is 2.73. The molecule has 6 nitrogen and oxygen atoms in total. The number of fused-ring (bicyclic) bond motifs is 7. The summed E-state index contributed by atoms with van der Waals surface area (Å²) in [6.45, 7) is 0. The predicted molar refractivity (Wildman–Crippen MR) is 120 cm³/mol. The summed E-state index contributed by atoms with van der Waals surface area (Å²) in [6, 6.07) is 22.0. The molecule has 1 aliphatic rings. The summed E-state index contributed by atoms with van der Waals surface area (Å²) in [5.41, 5.74) is 4.83. The number of carbonyl (C=O) groups excluding carboxylic acids is 1. The van der Waals surface area contributed by atoms with Gasteiger partial charge >= 0.3 is 11.9 Å². The molecular formula is C26H16N2O4. The quantitative estimate of drug-likeness (QED) is 0.185. The summed E-state index contributed by atoms with van der Waals surface area (Å²) < 4.78 is 5.78. The molecule has 2 heterocycles. The third-order valence-corrected chi connectivity index (χ3v) is 5.99. The molecule has 6 rings (SSSR count). The minimum atomic E-state index is -0.992. The lowest BCUT2D eigenvalue weighted by Gasteiger charge is -2.27. The van der Waals surface area contributed by atoms with Gasteiger partial charge in [-0.15, -0.1) is 0 Å². The predicted octanol–water partition coefficient (Wildman–Crippen LogP) is 5.08. The molecule has 32 heavy (non-hydrogen) atoms. The fourth-order valence-corrected chi connectivity index (χ4v) is 4.52. The summed E-state index contributed by atoms with van der Waals surface area (Å²) in [6.07, 6.45) is 0.140. The maximum Gasteiger partial charge on any atom is 0.335 e. The van der Waals surface area contributed by atoms with Gasteiger partial charge in [0.1, 0.15) is 5.75 Å². The number of nitrogens with zero attached hydrogens (tertiary/aromatic N) is 2. The maximum absolute atomic E-state index is 12.6. The van der Waals surface area contributed by atoms with E-state index in [9.17, 15) is 14.7 Å². The third-order valence-electron chi connectivity index (χ3n) is 5.99. The summed E-state index contributed by atoms with van der Waals surface area (Å²) in [5, 5.41) is 10.9. The van der Waals surface area contributed by atoms with Crippen LogP contribution < -0.4 is 4.74 Å². The number of benzene rings is 4. The van der Waals surface area contributed by atoms with Gasteiger partial charge in [-0.05, 0) is 29.8 Å². The van der Waals surface area contributed by atoms with E-state index in [0.29, 0.717) is 11.3 Å². The Morgan fingerprint density at radius 2 is 1.47 bits per heavy atom. The molecule has 1 unspecified atom stereocenters. The molecule has 5 aromatic rings. The molecule has 0 saturated heterocycles. The molecule has 0 saturated carbocycles. The second-order valence-electron chi connectivity index (χ2n) is 7.86. The second-order valence-corrected chi connectivity index (χ2v) is 7.86. The Balaban J connectivity index is 1.72. The second kappa shape index (κ2) is 6.85. The average molecular weight is 420 g/mol. The van der Waals surface area contributed by atoms with Crippen molar-refractivity contribution in [2.45, 2.75) is 12.3 Å². The monoisotopic (exact) mass is 420 g/mol. The van der Waals surface area contributed by atoms with E-state index in [1.165, 1.54) is 0 Å². The van der Waals surface area contributed by atoms with Gasteiger partial charge in [-0.3, -0.25) is 4.79 Å². The Bertz CT molecular complexity index is 1570. The number of hydrogen-bond donors (Lipinski definition) is 1. The number of carboxylic acid groups (broad SMARTS) is 1. The van der Waals surface area contributed by atoms with Gasteiger partial charge < -0.3 is 9.84 Å². The van der Waals surface area contributed by atoms with E-state index in [2.05, 4.69) is 0 Å². The van der Waals surface area contributed by atoms with Crippen LogP contribution in [0.5, 0.6) is 5.75 Å². The zero-order valence-electron chi connectivity index (χ0n) is 16.8. The van der Waals surface area contributed by atoms with Crippen LogP contribution in [-0.4, -0.2) is 27.0 Å². The normalized spacial score (nSPS) is 15.6. The van der Waals surface area contributed by atoms with E-state index >= 15 is 0 Å². The number of rotatable bonds is 2. The maximum atomic E-state index is 12.6. The van der Waals surface area contributed by atoms with Crippen LogP contribution in [0.3, 0.4) is 0 Å². The fourth-order valence-electron chi connectivity index (χ4n) is 4.52. The molecule has 0 aliphatic carbocycles. The Morgan fingerprint density at radius 3 is 2.16 bits per heavy atom.